The molecule has 14 heteroatoms. The first-order valence-corrected chi connectivity index (χ1v) is 31.9. The lowest BCUT2D eigenvalue weighted by Crippen LogP contribution is -2.55. The molecule has 0 radical (unpaired) electrons. The van der Waals surface area contributed by atoms with E-state index in [2.05, 4.69) is 65.8 Å². The van der Waals surface area contributed by atoms with Crippen molar-refractivity contribution in [3.05, 3.63) is 82.4 Å². The van der Waals surface area contributed by atoms with Crippen molar-refractivity contribution < 1.29 is 36.3 Å². The molecule has 0 aliphatic carbocycles. The van der Waals surface area contributed by atoms with E-state index in [0.29, 0.717) is 29.2 Å². The van der Waals surface area contributed by atoms with Crippen LogP contribution in [0.5, 0.6) is 17.2 Å². The number of esters is 1. The van der Waals surface area contributed by atoms with Gasteiger partial charge in [-0.1, -0.05) is 57.2 Å². The summed E-state index contributed by atoms with van der Waals surface area (Å²) in [5.74, 6) is 0.859. The van der Waals surface area contributed by atoms with Gasteiger partial charge in [-0.3, -0.25) is 10.1 Å². The van der Waals surface area contributed by atoms with Crippen LogP contribution in [0.2, 0.25) is 65.0 Å². The molecule has 0 aliphatic rings. The fourth-order valence-corrected chi connectivity index (χ4v) is 25.3. The van der Waals surface area contributed by atoms with Crippen molar-refractivity contribution in [2.45, 2.75) is 136 Å². The Bertz CT molecular complexity index is 1660. The average Bonchev–Trinajstić information content (AvgIpc) is 3.06. The van der Waals surface area contributed by atoms with Crippen LogP contribution in [0.1, 0.15) is 75.6 Å². The van der Waals surface area contributed by atoms with Gasteiger partial charge in [0.25, 0.3) is 0 Å². The van der Waals surface area contributed by atoms with Gasteiger partial charge in [-0.2, -0.15) is 0 Å². The number of rotatable bonds is 24. The molecule has 0 fully saturated rings. The molecule has 1 atom stereocenters. The Morgan fingerprint density at radius 3 is 1.93 bits per heavy atom. The number of nitro benzene ring substituents is 1. The third-order valence-corrected chi connectivity index (χ3v) is 22.8. The van der Waals surface area contributed by atoms with Gasteiger partial charge in [-0.05, 0) is 145 Å². The molecule has 0 amide bonds. The van der Waals surface area contributed by atoms with E-state index in [0.717, 1.165) is 63.0 Å². The molecule has 10 nitrogen and oxygen atoms in total. The molecule has 0 aromatic heterocycles. The van der Waals surface area contributed by atoms with Crippen molar-refractivity contribution in [1.29, 1.82) is 0 Å². The second-order valence-electron chi connectivity index (χ2n) is 16.8. The minimum atomic E-state index is -2.30. The summed E-state index contributed by atoms with van der Waals surface area (Å²) in [6.07, 6.45) is 8.23. The van der Waals surface area contributed by atoms with Crippen molar-refractivity contribution in [3.63, 3.8) is 0 Å². The van der Waals surface area contributed by atoms with Crippen LogP contribution in [-0.2, 0) is 12.3 Å². The first-order chi connectivity index (χ1) is 25.7. The second kappa shape index (κ2) is 20.9. The van der Waals surface area contributed by atoms with Crippen molar-refractivity contribution in [1.82, 2.24) is 0 Å². The molecule has 3 rings (SSSR count). The Morgan fingerprint density at radius 1 is 0.709 bits per heavy atom. The summed E-state index contributed by atoms with van der Waals surface area (Å²) in [6.45, 7) is 24.5. The molecule has 0 N–H and O–H groups in total. The zero-order valence-electron chi connectivity index (χ0n) is 35.1. The zero-order chi connectivity index (χ0) is 40.9. The third kappa shape index (κ3) is 17.3. The second-order valence-corrected chi connectivity index (χ2v) is 33.1. The van der Waals surface area contributed by atoms with Crippen LogP contribution in [0, 0.1) is 10.1 Å². The van der Waals surface area contributed by atoms with Crippen molar-refractivity contribution >= 4 is 45.4 Å². The molecule has 3 aromatic carbocycles. The standard InChI is InChI=1S/C41H65NO9Si4/c1-12-13-16-19-33(2)47-40-29-24-36(32-39(40)42(44)45)34-20-27-38(28-21-34)48-41(43)35-22-25-37(26-23-35)46-30-17-14-15-18-31-53(6,7)50-55(10,11)51-54(8,9)49-52(3,4)5/h20-29,32-33H,12-19,30-31H2,1-11H3/t33-/m1/s1. The van der Waals surface area contributed by atoms with Gasteiger partial charge in [0.15, 0.2) is 22.4 Å². The lowest BCUT2D eigenvalue weighted by Gasteiger charge is -2.40. The molecule has 304 valence electrons. The van der Waals surface area contributed by atoms with Crippen LogP contribution in [0.3, 0.4) is 0 Å². The minimum Gasteiger partial charge on any atom is -0.494 e. The topological polar surface area (TPSA) is 116 Å². The summed E-state index contributed by atoms with van der Waals surface area (Å²) in [6, 6.07) is 19.9. The predicted molar refractivity (Wildman–Crippen MR) is 232 cm³/mol. The zero-order valence-corrected chi connectivity index (χ0v) is 39.1. The van der Waals surface area contributed by atoms with Gasteiger partial charge in [0.1, 0.15) is 11.5 Å². The number of ether oxygens (including phenoxy) is 3. The average molecular weight is 828 g/mol. The molecule has 0 saturated carbocycles. The Morgan fingerprint density at radius 2 is 1.31 bits per heavy atom. The highest BCUT2D eigenvalue weighted by molar-refractivity contribution is 6.89. The Hall–Kier alpha value is -3.12. The molecular formula is C41H65NO9Si4. The van der Waals surface area contributed by atoms with Gasteiger partial charge in [0.05, 0.1) is 23.2 Å². The van der Waals surface area contributed by atoms with Crippen molar-refractivity contribution in [2.24, 2.45) is 0 Å². The number of nitrogens with zero attached hydrogens (tertiary/aromatic N) is 1. The van der Waals surface area contributed by atoms with E-state index in [1.807, 2.05) is 6.92 Å². The first-order valence-electron chi connectivity index (χ1n) is 19.8. The molecule has 0 spiro atoms. The van der Waals surface area contributed by atoms with Crippen LogP contribution < -0.4 is 14.2 Å². The summed E-state index contributed by atoms with van der Waals surface area (Å²) in [5, 5.41) is 11.8. The highest BCUT2D eigenvalue weighted by atomic mass is 28.5. The molecule has 3 aromatic rings. The van der Waals surface area contributed by atoms with Crippen molar-refractivity contribution in [3.8, 4) is 28.4 Å². The highest BCUT2D eigenvalue weighted by Crippen LogP contribution is 2.34. The van der Waals surface area contributed by atoms with E-state index in [1.54, 1.807) is 60.7 Å². The Kier molecular flexibility index (Phi) is 17.6. The van der Waals surface area contributed by atoms with E-state index < -0.39 is 44.6 Å². The molecular weight excluding hydrogens is 763 g/mol. The minimum absolute atomic E-state index is 0.0769. The summed E-state index contributed by atoms with van der Waals surface area (Å²) >= 11 is 0. The Balaban J connectivity index is 1.41. The van der Waals surface area contributed by atoms with E-state index in [-0.39, 0.29) is 17.5 Å². The normalized spacial score (nSPS) is 13.0. The van der Waals surface area contributed by atoms with Gasteiger partial charge < -0.3 is 26.6 Å². The van der Waals surface area contributed by atoms with Gasteiger partial charge in [-0.15, -0.1) is 0 Å². The lowest BCUT2D eigenvalue weighted by molar-refractivity contribution is -0.386. The van der Waals surface area contributed by atoms with Crippen LogP contribution in [0.4, 0.5) is 5.69 Å². The van der Waals surface area contributed by atoms with E-state index in [9.17, 15) is 14.9 Å². The van der Waals surface area contributed by atoms with Crippen LogP contribution in [-0.4, -0.2) is 57.4 Å². The van der Waals surface area contributed by atoms with Gasteiger partial charge >= 0.3 is 28.8 Å². The fourth-order valence-electron chi connectivity index (χ4n) is 6.75. The predicted octanol–water partition coefficient (Wildman–Crippen LogP) is 12.3. The van der Waals surface area contributed by atoms with E-state index >= 15 is 0 Å². The Labute approximate surface area is 334 Å². The summed E-state index contributed by atoms with van der Waals surface area (Å²) in [4.78, 5) is 24.3. The third-order valence-electron chi connectivity index (χ3n) is 8.69. The molecule has 55 heavy (non-hydrogen) atoms. The largest absolute Gasteiger partial charge is 0.494 e. The van der Waals surface area contributed by atoms with E-state index in [4.69, 9.17) is 26.6 Å². The number of unbranched alkanes of at least 4 members (excludes halogenated alkanes) is 5. The van der Waals surface area contributed by atoms with Gasteiger partial charge in [0.2, 0.25) is 0 Å². The number of carbonyl (C=O) groups is 1. The van der Waals surface area contributed by atoms with Crippen LogP contribution in [0.25, 0.3) is 11.1 Å². The highest BCUT2D eigenvalue weighted by Gasteiger charge is 2.42. The quantitative estimate of drug-likeness (QED) is 0.0217. The van der Waals surface area contributed by atoms with Crippen molar-refractivity contribution in [2.75, 3.05) is 6.61 Å². The smallest absolute Gasteiger partial charge is 0.343 e. The van der Waals surface area contributed by atoms with Gasteiger partial charge in [-0.25, -0.2) is 4.79 Å². The maximum Gasteiger partial charge on any atom is 0.343 e. The molecule has 0 unspecified atom stereocenters. The van der Waals surface area contributed by atoms with Gasteiger partial charge in [0, 0.05) is 6.07 Å². The summed E-state index contributed by atoms with van der Waals surface area (Å²) in [7, 11) is -8.09. The maximum absolute atomic E-state index is 12.9. The lowest BCUT2D eigenvalue weighted by atomic mass is 10.0. The van der Waals surface area contributed by atoms with Crippen LogP contribution in [0.15, 0.2) is 66.7 Å². The molecule has 0 aliphatic heterocycles. The maximum atomic E-state index is 12.9. The fraction of sp³-hybridized carbons (Fsp3) is 0.537. The first kappa shape index (κ1) is 46.3. The van der Waals surface area contributed by atoms with E-state index in [1.165, 1.54) is 6.07 Å². The van der Waals surface area contributed by atoms with Crippen LogP contribution >= 0.6 is 0 Å². The monoisotopic (exact) mass is 827 g/mol. The number of carbonyl (C=O) groups excluding carboxylic acids is 1. The summed E-state index contributed by atoms with van der Waals surface area (Å²) in [5.41, 5.74) is 1.76. The molecule has 0 saturated heterocycles. The number of nitro groups is 1. The molecule has 0 heterocycles. The number of hydrogen-bond acceptors (Lipinski definition) is 9. The summed E-state index contributed by atoms with van der Waals surface area (Å²) < 4.78 is 37.2. The number of hydrogen-bond donors (Lipinski definition) is 0. The number of benzene rings is 3. The SMILES string of the molecule is CCCCC[C@@H](C)Oc1ccc(-c2ccc(OC(=O)c3ccc(OCCCCCC[Si](C)(C)O[Si](C)(C)O[Si](C)(C)O[Si](C)(C)C)cc3)cc2)cc1[N+](=O)[O-]. The molecule has 0 bridgehead atoms.